The number of nitrogens with zero attached hydrogens (tertiary/aromatic N) is 2. The summed E-state index contributed by atoms with van der Waals surface area (Å²) in [7, 11) is 3.30. The summed E-state index contributed by atoms with van der Waals surface area (Å²) in [4.78, 5) is 0. The van der Waals surface area contributed by atoms with E-state index in [2.05, 4.69) is 10.2 Å². The molecule has 0 spiro atoms. The highest BCUT2D eigenvalue weighted by Gasteiger charge is 2.12. The summed E-state index contributed by atoms with van der Waals surface area (Å²) in [5.41, 5.74) is 4.68. The van der Waals surface area contributed by atoms with Gasteiger partial charge in [-0.2, -0.15) is 5.10 Å². The van der Waals surface area contributed by atoms with Gasteiger partial charge in [0.25, 0.3) is 0 Å². The lowest BCUT2D eigenvalue weighted by Gasteiger charge is -2.11. The molecule has 3 rings (SSSR count). The fourth-order valence-electron chi connectivity index (χ4n) is 2.77. The maximum absolute atomic E-state index is 9.08. The van der Waals surface area contributed by atoms with Gasteiger partial charge in [-0.05, 0) is 60.9 Å². The number of aryl methyl sites for hydroxylation is 1. The molecule has 26 heavy (non-hydrogen) atoms. The molecule has 3 aromatic rings. The number of aliphatic hydroxyl groups excluding tert-OH is 1. The Morgan fingerprint density at radius 3 is 1.92 bits per heavy atom. The van der Waals surface area contributed by atoms with Gasteiger partial charge in [0, 0.05) is 17.7 Å². The number of ether oxygens (including phenoxy) is 2. The molecule has 0 aliphatic heterocycles. The smallest absolute Gasteiger partial charge is 0.118 e. The standard InChI is InChI=1S/C21H22N2O3/c1-25-18-9-5-15(6-10-18)20-14-17(4-3-13-24)22-23-21(20)16-7-11-19(26-2)12-8-16/h5-12,14,24H,3-4,13H2,1-2H3. The van der Waals surface area contributed by atoms with Crippen molar-refractivity contribution in [2.75, 3.05) is 20.8 Å². The van der Waals surface area contributed by atoms with Crippen LogP contribution in [0.3, 0.4) is 0 Å². The first-order chi connectivity index (χ1) is 12.7. The van der Waals surface area contributed by atoms with E-state index >= 15 is 0 Å². The molecule has 5 heteroatoms. The summed E-state index contributed by atoms with van der Waals surface area (Å²) in [5.74, 6) is 1.61. The van der Waals surface area contributed by atoms with E-state index < -0.39 is 0 Å². The molecule has 134 valence electrons. The van der Waals surface area contributed by atoms with E-state index in [-0.39, 0.29) is 6.61 Å². The number of methoxy groups -OCH3 is 2. The van der Waals surface area contributed by atoms with E-state index in [1.54, 1.807) is 14.2 Å². The Kier molecular flexibility index (Phi) is 5.81. The zero-order valence-electron chi connectivity index (χ0n) is 15.0. The predicted molar refractivity (Wildman–Crippen MR) is 101 cm³/mol. The molecule has 0 fully saturated rings. The van der Waals surface area contributed by atoms with Crippen LogP contribution in [0.2, 0.25) is 0 Å². The number of benzene rings is 2. The minimum atomic E-state index is 0.139. The molecular weight excluding hydrogens is 328 g/mol. The predicted octanol–water partition coefficient (Wildman–Crippen LogP) is 3.75. The average molecular weight is 350 g/mol. The fraction of sp³-hybridized carbons (Fsp3) is 0.238. The van der Waals surface area contributed by atoms with E-state index in [0.717, 1.165) is 39.6 Å². The third kappa shape index (κ3) is 4.00. The van der Waals surface area contributed by atoms with Crippen molar-refractivity contribution >= 4 is 0 Å². The average Bonchev–Trinajstić information content (AvgIpc) is 2.72. The van der Waals surface area contributed by atoms with Crippen molar-refractivity contribution in [2.45, 2.75) is 12.8 Å². The molecule has 0 radical (unpaired) electrons. The summed E-state index contributed by atoms with van der Waals surface area (Å²) >= 11 is 0. The third-order valence-corrected chi connectivity index (χ3v) is 4.20. The van der Waals surface area contributed by atoms with Gasteiger partial charge in [0.1, 0.15) is 17.2 Å². The van der Waals surface area contributed by atoms with Crippen LogP contribution in [0.4, 0.5) is 0 Å². The van der Waals surface area contributed by atoms with Gasteiger partial charge in [0.15, 0.2) is 0 Å². The van der Waals surface area contributed by atoms with E-state index in [0.29, 0.717) is 12.8 Å². The zero-order valence-corrected chi connectivity index (χ0v) is 15.0. The van der Waals surface area contributed by atoms with Crippen LogP contribution < -0.4 is 9.47 Å². The summed E-state index contributed by atoms with van der Waals surface area (Å²) in [6, 6.07) is 17.7. The fourth-order valence-corrected chi connectivity index (χ4v) is 2.77. The molecule has 0 aliphatic rings. The lowest BCUT2D eigenvalue weighted by Crippen LogP contribution is -2.00. The van der Waals surface area contributed by atoms with Crippen molar-refractivity contribution in [1.29, 1.82) is 0 Å². The van der Waals surface area contributed by atoms with Crippen LogP contribution >= 0.6 is 0 Å². The lowest BCUT2D eigenvalue weighted by molar-refractivity contribution is 0.288. The number of rotatable bonds is 7. The first kappa shape index (κ1) is 17.9. The van der Waals surface area contributed by atoms with Crippen LogP contribution in [0.25, 0.3) is 22.4 Å². The monoisotopic (exact) mass is 350 g/mol. The van der Waals surface area contributed by atoms with E-state index in [1.807, 2.05) is 54.6 Å². The van der Waals surface area contributed by atoms with Gasteiger partial charge in [-0.1, -0.05) is 12.1 Å². The summed E-state index contributed by atoms with van der Waals surface area (Å²) in [6.07, 6.45) is 1.36. The normalized spacial score (nSPS) is 10.6. The Bertz CT molecular complexity index is 846. The number of hydrogen-bond donors (Lipinski definition) is 1. The maximum atomic E-state index is 9.08. The molecule has 0 amide bonds. The van der Waals surface area contributed by atoms with Crippen molar-refractivity contribution in [3.63, 3.8) is 0 Å². The Balaban J connectivity index is 2.06. The molecule has 0 saturated heterocycles. The highest BCUT2D eigenvalue weighted by Crippen LogP contribution is 2.32. The molecular formula is C21H22N2O3. The van der Waals surface area contributed by atoms with Crippen LogP contribution in [-0.4, -0.2) is 36.1 Å². The largest absolute Gasteiger partial charge is 0.497 e. The first-order valence-corrected chi connectivity index (χ1v) is 8.51. The van der Waals surface area contributed by atoms with Crippen LogP contribution in [0.15, 0.2) is 54.6 Å². The van der Waals surface area contributed by atoms with Gasteiger partial charge in [-0.3, -0.25) is 0 Å². The molecule has 2 aromatic carbocycles. The summed E-state index contributed by atoms with van der Waals surface area (Å²) in [5, 5.41) is 17.9. The maximum Gasteiger partial charge on any atom is 0.118 e. The van der Waals surface area contributed by atoms with Gasteiger partial charge < -0.3 is 14.6 Å². The van der Waals surface area contributed by atoms with Crippen LogP contribution in [0.1, 0.15) is 12.1 Å². The van der Waals surface area contributed by atoms with Crippen molar-refractivity contribution in [1.82, 2.24) is 10.2 Å². The van der Waals surface area contributed by atoms with E-state index in [1.165, 1.54) is 0 Å². The first-order valence-electron chi connectivity index (χ1n) is 8.51. The van der Waals surface area contributed by atoms with Gasteiger partial charge in [-0.15, -0.1) is 5.10 Å². The molecule has 0 saturated carbocycles. The Hall–Kier alpha value is -2.92. The minimum Gasteiger partial charge on any atom is -0.497 e. The second kappa shape index (κ2) is 8.45. The molecule has 1 heterocycles. The zero-order chi connectivity index (χ0) is 18.4. The molecule has 0 aliphatic carbocycles. The Labute approximate surface area is 153 Å². The van der Waals surface area contributed by atoms with Crippen molar-refractivity contribution in [3.8, 4) is 33.9 Å². The molecule has 1 aromatic heterocycles. The second-order valence-corrected chi connectivity index (χ2v) is 5.88. The molecule has 0 atom stereocenters. The summed E-state index contributed by atoms with van der Waals surface area (Å²) in [6.45, 7) is 0.139. The van der Waals surface area contributed by atoms with Crippen LogP contribution in [0, 0.1) is 0 Å². The number of aromatic nitrogens is 2. The Morgan fingerprint density at radius 1 is 0.808 bits per heavy atom. The highest BCUT2D eigenvalue weighted by atomic mass is 16.5. The van der Waals surface area contributed by atoms with Gasteiger partial charge >= 0.3 is 0 Å². The Morgan fingerprint density at radius 2 is 1.38 bits per heavy atom. The van der Waals surface area contributed by atoms with Crippen molar-refractivity contribution in [3.05, 3.63) is 60.3 Å². The van der Waals surface area contributed by atoms with Gasteiger partial charge in [0.2, 0.25) is 0 Å². The van der Waals surface area contributed by atoms with Crippen LogP contribution in [0.5, 0.6) is 11.5 Å². The second-order valence-electron chi connectivity index (χ2n) is 5.88. The highest BCUT2D eigenvalue weighted by molar-refractivity contribution is 5.81. The molecule has 0 bridgehead atoms. The topological polar surface area (TPSA) is 64.5 Å². The molecule has 0 unspecified atom stereocenters. The quantitative estimate of drug-likeness (QED) is 0.703. The lowest BCUT2D eigenvalue weighted by atomic mass is 9.98. The van der Waals surface area contributed by atoms with Crippen LogP contribution in [-0.2, 0) is 6.42 Å². The van der Waals surface area contributed by atoms with Crippen molar-refractivity contribution in [2.24, 2.45) is 0 Å². The van der Waals surface area contributed by atoms with Gasteiger partial charge in [-0.25, -0.2) is 0 Å². The third-order valence-electron chi connectivity index (χ3n) is 4.20. The van der Waals surface area contributed by atoms with Gasteiger partial charge in [0.05, 0.1) is 19.9 Å². The summed E-state index contributed by atoms with van der Waals surface area (Å²) < 4.78 is 10.5. The van der Waals surface area contributed by atoms with Crippen molar-refractivity contribution < 1.29 is 14.6 Å². The number of aliphatic hydroxyl groups is 1. The molecule has 5 nitrogen and oxygen atoms in total. The van der Waals surface area contributed by atoms with E-state index in [4.69, 9.17) is 14.6 Å². The van der Waals surface area contributed by atoms with E-state index in [9.17, 15) is 0 Å². The minimum absolute atomic E-state index is 0.139. The molecule has 1 N–H and O–H groups in total. The number of hydrogen-bond acceptors (Lipinski definition) is 5. The SMILES string of the molecule is COc1ccc(-c2cc(CCCO)nnc2-c2ccc(OC)cc2)cc1.